The van der Waals surface area contributed by atoms with Crippen LogP contribution in [0.15, 0.2) is 18.3 Å². The molecule has 2 aromatic rings. The van der Waals surface area contributed by atoms with E-state index in [4.69, 9.17) is 16.3 Å². The van der Waals surface area contributed by atoms with Crippen LogP contribution < -0.4 is 0 Å². The number of pyridine rings is 1. The second-order valence-electron chi connectivity index (χ2n) is 3.91. The fourth-order valence-electron chi connectivity index (χ4n) is 1.85. The maximum atomic E-state index is 10.9. The number of nitro benzene ring substituents is 1. The molecule has 2 rings (SSSR count). The summed E-state index contributed by atoms with van der Waals surface area (Å²) in [5.74, 6) is 0. The molecule has 0 fully saturated rings. The fourth-order valence-corrected chi connectivity index (χ4v) is 2.19. The van der Waals surface area contributed by atoms with Crippen molar-refractivity contribution in [1.29, 1.82) is 0 Å². The standard InChI is InChI=1S/C12H11ClN2O3/c1-7-3-4-9(15(16)17)12-10(7)11(13)8(5-14-12)6-18-2/h3-5H,6H2,1-2H3. The van der Waals surface area contributed by atoms with Crippen molar-refractivity contribution in [2.24, 2.45) is 0 Å². The Morgan fingerprint density at radius 3 is 2.83 bits per heavy atom. The normalized spacial score (nSPS) is 10.8. The van der Waals surface area contributed by atoms with Gasteiger partial charge >= 0.3 is 0 Å². The third-order valence-corrected chi connectivity index (χ3v) is 3.14. The van der Waals surface area contributed by atoms with Gasteiger partial charge in [-0.05, 0) is 12.5 Å². The molecule has 0 bridgehead atoms. The molecule has 0 unspecified atom stereocenters. The van der Waals surface area contributed by atoms with Crippen LogP contribution in [0.25, 0.3) is 10.9 Å². The molecule has 0 radical (unpaired) electrons. The van der Waals surface area contributed by atoms with E-state index in [1.165, 1.54) is 12.3 Å². The molecule has 1 heterocycles. The van der Waals surface area contributed by atoms with Crippen molar-refractivity contribution < 1.29 is 9.66 Å². The lowest BCUT2D eigenvalue weighted by molar-refractivity contribution is -0.383. The van der Waals surface area contributed by atoms with Crippen molar-refractivity contribution in [3.05, 3.63) is 44.6 Å². The van der Waals surface area contributed by atoms with E-state index >= 15 is 0 Å². The number of fused-ring (bicyclic) bond motifs is 1. The molecule has 0 aliphatic carbocycles. The summed E-state index contributed by atoms with van der Waals surface area (Å²) in [6.45, 7) is 2.17. The number of halogens is 1. The first kappa shape index (κ1) is 12.7. The molecule has 6 heteroatoms. The summed E-state index contributed by atoms with van der Waals surface area (Å²) < 4.78 is 5.02. The number of aryl methyl sites for hydroxylation is 1. The van der Waals surface area contributed by atoms with Gasteiger partial charge in [-0.1, -0.05) is 17.7 Å². The highest BCUT2D eigenvalue weighted by Gasteiger charge is 2.18. The van der Waals surface area contributed by atoms with Gasteiger partial charge in [0.1, 0.15) is 5.52 Å². The highest BCUT2D eigenvalue weighted by molar-refractivity contribution is 6.36. The number of aromatic nitrogens is 1. The van der Waals surface area contributed by atoms with Crippen LogP contribution in [0.3, 0.4) is 0 Å². The summed E-state index contributed by atoms with van der Waals surface area (Å²) in [6, 6.07) is 3.11. The minimum absolute atomic E-state index is 0.0403. The number of rotatable bonds is 3. The zero-order chi connectivity index (χ0) is 13.3. The summed E-state index contributed by atoms with van der Waals surface area (Å²) >= 11 is 6.26. The van der Waals surface area contributed by atoms with Gasteiger partial charge in [0.2, 0.25) is 0 Å². The average molecular weight is 267 g/mol. The lowest BCUT2D eigenvalue weighted by Crippen LogP contribution is -1.97. The Bertz CT molecular complexity index is 628. The third-order valence-electron chi connectivity index (χ3n) is 2.71. The highest BCUT2D eigenvalue weighted by Crippen LogP contribution is 2.33. The van der Waals surface area contributed by atoms with E-state index in [0.29, 0.717) is 22.5 Å². The Labute approximate surface area is 108 Å². The molecule has 1 aromatic heterocycles. The second-order valence-corrected chi connectivity index (χ2v) is 4.29. The Balaban J connectivity index is 2.81. The van der Waals surface area contributed by atoms with Crippen molar-refractivity contribution in [1.82, 2.24) is 4.98 Å². The maximum absolute atomic E-state index is 10.9. The number of nitrogens with zero attached hydrogens (tertiary/aromatic N) is 2. The number of hydrogen-bond acceptors (Lipinski definition) is 4. The summed E-state index contributed by atoms with van der Waals surface area (Å²) in [6.07, 6.45) is 1.51. The van der Waals surface area contributed by atoms with Crippen LogP contribution in [0.4, 0.5) is 5.69 Å². The number of nitro groups is 1. The van der Waals surface area contributed by atoms with E-state index in [1.54, 1.807) is 13.2 Å². The van der Waals surface area contributed by atoms with E-state index in [1.807, 2.05) is 6.92 Å². The van der Waals surface area contributed by atoms with Crippen molar-refractivity contribution in [3.8, 4) is 0 Å². The first-order valence-electron chi connectivity index (χ1n) is 5.26. The number of ether oxygens (including phenoxy) is 1. The predicted octanol–water partition coefficient (Wildman–Crippen LogP) is 3.25. The van der Waals surface area contributed by atoms with Crippen molar-refractivity contribution >= 4 is 28.2 Å². The van der Waals surface area contributed by atoms with Gasteiger partial charge in [-0.2, -0.15) is 0 Å². The van der Waals surface area contributed by atoms with Crippen molar-refractivity contribution in [2.45, 2.75) is 13.5 Å². The summed E-state index contributed by atoms with van der Waals surface area (Å²) in [5.41, 5.74) is 1.84. The van der Waals surface area contributed by atoms with E-state index in [-0.39, 0.29) is 5.69 Å². The Hall–Kier alpha value is -1.72. The largest absolute Gasteiger partial charge is 0.380 e. The predicted molar refractivity (Wildman–Crippen MR) is 68.9 cm³/mol. The summed E-state index contributed by atoms with van der Waals surface area (Å²) in [4.78, 5) is 14.6. The maximum Gasteiger partial charge on any atom is 0.295 e. The first-order valence-corrected chi connectivity index (χ1v) is 5.64. The number of hydrogen-bond donors (Lipinski definition) is 0. The lowest BCUT2D eigenvalue weighted by Gasteiger charge is -2.08. The zero-order valence-electron chi connectivity index (χ0n) is 9.94. The van der Waals surface area contributed by atoms with Crippen LogP contribution in [0.1, 0.15) is 11.1 Å². The van der Waals surface area contributed by atoms with E-state index in [9.17, 15) is 10.1 Å². The molecule has 0 amide bonds. The minimum atomic E-state index is -0.457. The molecule has 0 aliphatic heterocycles. The van der Waals surface area contributed by atoms with Gasteiger partial charge in [-0.15, -0.1) is 0 Å². The molecule has 0 saturated heterocycles. The minimum Gasteiger partial charge on any atom is -0.380 e. The highest BCUT2D eigenvalue weighted by atomic mass is 35.5. The molecular weight excluding hydrogens is 256 g/mol. The van der Waals surface area contributed by atoms with Gasteiger partial charge in [0.05, 0.1) is 16.6 Å². The van der Waals surface area contributed by atoms with Crippen LogP contribution >= 0.6 is 11.6 Å². The Morgan fingerprint density at radius 1 is 1.50 bits per heavy atom. The van der Waals surface area contributed by atoms with Gasteiger partial charge in [-0.25, -0.2) is 4.98 Å². The topological polar surface area (TPSA) is 65.3 Å². The number of methoxy groups -OCH3 is 1. The SMILES string of the molecule is COCc1cnc2c([N+](=O)[O-])ccc(C)c2c1Cl. The van der Waals surface area contributed by atoms with E-state index in [0.717, 1.165) is 11.1 Å². The molecule has 0 atom stereocenters. The lowest BCUT2D eigenvalue weighted by atomic mass is 10.1. The van der Waals surface area contributed by atoms with Crippen LogP contribution in [0.5, 0.6) is 0 Å². The van der Waals surface area contributed by atoms with E-state index < -0.39 is 4.92 Å². The molecule has 5 nitrogen and oxygen atoms in total. The summed E-state index contributed by atoms with van der Waals surface area (Å²) in [7, 11) is 1.56. The van der Waals surface area contributed by atoms with Gasteiger partial charge in [0, 0.05) is 30.3 Å². The van der Waals surface area contributed by atoms with Crippen LogP contribution in [-0.2, 0) is 11.3 Å². The molecular formula is C12H11ClN2O3. The Kier molecular flexibility index (Phi) is 3.45. The first-order chi connectivity index (χ1) is 8.56. The summed E-state index contributed by atoms with van der Waals surface area (Å²) in [5, 5.41) is 12.0. The third kappa shape index (κ3) is 2.02. The number of non-ortho nitro benzene ring substituents is 1. The van der Waals surface area contributed by atoms with Gasteiger partial charge < -0.3 is 4.74 Å². The molecule has 94 valence electrons. The molecule has 1 aromatic carbocycles. The molecule has 0 saturated carbocycles. The van der Waals surface area contributed by atoms with Gasteiger partial charge in [0.25, 0.3) is 5.69 Å². The van der Waals surface area contributed by atoms with Gasteiger partial charge in [-0.3, -0.25) is 10.1 Å². The monoisotopic (exact) mass is 266 g/mol. The van der Waals surface area contributed by atoms with E-state index in [2.05, 4.69) is 4.98 Å². The number of benzene rings is 1. The van der Waals surface area contributed by atoms with Crippen LogP contribution in [0.2, 0.25) is 5.02 Å². The molecule has 18 heavy (non-hydrogen) atoms. The molecule has 0 aliphatic rings. The molecule has 0 spiro atoms. The quantitative estimate of drug-likeness (QED) is 0.632. The zero-order valence-corrected chi connectivity index (χ0v) is 10.7. The van der Waals surface area contributed by atoms with Crippen molar-refractivity contribution in [2.75, 3.05) is 7.11 Å². The second kappa shape index (κ2) is 4.88. The smallest absolute Gasteiger partial charge is 0.295 e. The van der Waals surface area contributed by atoms with Gasteiger partial charge in [0.15, 0.2) is 0 Å². The molecule has 0 N–H and O–H groups in total. The van der Waals surface area contributed by atoms with Crippen LogP contribution in [-0.4, -0.2) is 17.0 Å². The van der Waals surface area contributed by atoms with Crippen molar-refractivity contribution in [3.63, 3.8) is 0 Å². The Morgan fingerprint density at radius 2 is 2.22 bits per heavy atom. The average Bonchev–Trinajstić information content (AvgIpc) is 2.32. The van der Waals surface area contributed by atoms with Crippen LogP contribution in [0, 0.1) is 17.0 Å². The fraction of sp³-hybridized carbons (Fsp3) is 0.250.